The van der Waals surface area contributed by atoms with E-state index >= 15 is 0 Å². The molecule has 0 unspecified atom stereocenters. The highest BCUT2D eigenvalue weighted by Gasteiger charge is 2.45. The Labute approximate surface area is 125 Å². The van der Waals surface area contributed by atoms with Crippen molar-refractivity contribution >= 4 is 11.9 Å². The minimum absolute atomic E-state index is 0.177. The van der Waals surface area contributed by atoms with Crippen molar-refractivity contribution < 1.29 is 22.8 Å². The van der Waals surface area contributed by atoms with Crippen LogP contribution in [0.2, 0.25) is 0 Å². The maximum absolute atomic E-state index is 12.9. The molecule has 1 saturated carbocycles. The summed E-state index contributed by atoms with van der Waals surface area (Å²) in [5.74, 6) is -0.849. The number of hydrogen-bond acceptors (Lipinski definition) is 2. The Morgan fingerprint density at radius 3 is 2.55 bits per heavy atom. The zero-order valence-electron chi connectivity index (χ0n) is 11.8. The van der Waals surface area contributed by atoms with Gasteiger partial charge in [0.2, 0.25) is 5.91 Å². The Hall–Kier alpha value is -2.25. The second kappa shape index (κ2) is 5.86. The van der Waals surface area contributed by atoms with Crippen LogP contribution < -0.4 is 16.4 Å². The van der Waals surface area contributed by atoms with Crippen LogP contribution in [-0.2, 0) is 11.0 Å². The van der Waals surface area contributed by atoms with Crippen LogP contribution >= 0.6 is 0 Å². The lowest BCUT2D eigenvalue weighted by Crippen LogP contribution is -2.47. The summed E-state index contributed by atoms with van der Waals surface area (Å²) in [4.78, 5) is 22.4. The van der Waals surface area contributed by atoms with E-state index in [0.717, 1.165) is 6.07 Å². The highest BCUT2D eigenvalue weighted by Crippen LogP contribution is 2.46. The third-order valence-corrected chi connectivity index (χ3v) is 3.54. The SMILES string of the molecule is C[C@H](NC(N)=O)C(=O)N[C@@H]1C[C@@H]1c1ccccc1C(F)(F)F. The van der Waals surface area contributed by atoms with Crippen molar-refractivity contribution in [2.24, 2.45) is 5.73 Å². The molecule has 0 saturated heterocycles. The second-order valence-corrected chi connectivity index (χ2v) is 5.27. The molecule has 120 valence electrons. The van der Waals surface area contributed by atoms with Gasteiger partial charge >= 0.3 is 12.2 Å². The smallest absolute Gasteiger partial charge is 0.352 e. The molecule has 0 heterocycles. The molecular formula is C14H16F3N3O2. The predicted molar refractivity (Wildman–Crippen MR) is 72.9 cm³/mol. The Morgan fingerprint density at radius 2 is 1.95 bits per heavy atom. The fourth-order valence-corrected chi connectivity index (χ4v) is 2.36. The first-order valence-corrected chi connectivity index (χ1v) is 6.72. The first-order valence-electron chi connectivity index (χ1n) is 6.72. The highest BCUT2D eigenvalue weighted by atomic mass is 19.4. The Kier molecular flexibility index (Phi) is 4.30. The largest absolute Gasteiger partial charge is 0.416 e. The maximum atomic E-state index is 12.9. The number of carbonyl (C=O) groups is 2. The Morgan fingerprint density at radius 1 is 1.32 bits per heavy atom. The van der Waals surface area contributed by atoms with Gasteiger partial charge in [-0.15, -0.1) is 0 Å². The number of alkyl halides is 3. The van der Waals surface area contributed by atoms with Crippen LogP contribution in [0.5, 0.6) is 0 Å². The molecular weight excluding hydrogens is 299 g/mol. The molecule has 1 aromatic rings. The summed E-state index contributed by atoms with van der Waals surface area (Å²) in [6.45, 7) is 1.45. The van der Waals surface area contributed by atoms with Gasteiger partial charge in [0.15, 0.2) is 0 Å². The zero-order chi connectivity index (χ0) is 16.5. The van der Waals surface area contributed by atoms with Crippen LogP contribution in [0.3, 0.4) is 0 Å². The van der Waals surface area contributed by atoms with Crippen molar-refractivity contribution in [2.45, 2.75) is 37.5 Å². The number of nitrogens with one attached hydrogen (secondary N) is 2. The third kappa shape index (κ3) is 3.69. The summed E-state index contributed by atoms with van der Waals surface area (Å²) in [5.41, 5.74) is 4.40. The molecule has 0 aromatic heterocycles. The molecule has 3 amide bonds. The number of rotatable bonds is 4. The lowest BCUT2D eigenvalue weighted by Gasteiger charge is -2.14. The minimum Gasteiger partial charge on any atom is -0.352 e. The zero-order valence-corrected chi connectivity index (χ0v) is 11.8. The van der Waals surface area contributed by atoms with E-state index in [1.54, 1.807) is 6.07 Å². The first-order chi connectivity index (χ1) is 10.2. The predicted octanol–water partition coefficient (Wildman–Crippen LogP) is 1.73. The Balaban J connectivity index is 2.02. The van der Waals surface area contributed by atoms with Crippen molar-refractivity contribution in [3.63, 3.8) is 0 Å². The van der Waals surface area contributed by atoms with Crippen molar-refractivity contribution in [2.75, 3.05) is 0 Å². The monoisotopic (exact) mass is 315 g/mol. The molecule has 22 heavy (non-hydrogen) atoms. The molecule has 8 heteroatoms. The summed E-state index contributed by atoms with van der Waals surface area (Å²) in [6, 6.07) is 3.29. The molecule has 1 fully saturated rings. The summed E-state index contributed by atoms with van der Waals surface area (Å²) >= 11 is 0. The summed E-state index contributed by atoms with van der Waals surface area (Å²) in [6.07, 6.45) is -3.99. The van der Waals surface area contributed by atoms with Gasteiger partial charge in [0.25, 0.3) is 0 Å². The number of benzene rings is 1. The lowest BCUT2D eigenvalue weighted by molar-refractivity contribution is -0.138. The summed E-state index contributed by atoms with van der Waals surface area (Å²) < 4.78 is 38.8. The summed E-state index contributed by atoms with van der Waals surface area (Å²) in [5, 5.41) is 4.82. The number of hydrogen-bond donors (Lipinski definition) is 3. The van der Waals surface area contributed by atoms with Gasteiger partial charge < -0.3 is 16.4 Å². The van der Waals surface area contributed by atoms with E-state index in [4.69, 9.17) is 5.73 Å². The van der Waals surface area contributed by atoms with Gasteiger partial charge in [-0.3, -0.25) is 4.79 Å². The first kappa shape index (κ1) is 16.1. The fraction of sp³-hybridized carbons (Fsp3) is 0.429. The Bertz CT molecular complexity index is 589. The van der Waals surface area contributed by atoms with E-state index in [1.807, 2.05) is 0 Å². The van der Waals surface area contributed by atoms with Crippen LogP contribution in [0.1, 0.15) is 30.4 Å². The van der Waals surface area contributed by atoms with Gasteiger partial charge in [0, 0.05) is 12.0 Å². The van der Waals surface area contributed by atoms with Gasteiger partial charge in [-0.05, 0) is 25.0 Å². The van der Waals surface area contributed by atoms with Gasteiger partial charge in [-0.1, -0.05) is 18.2 Å². The molecule has 0 bridgehead atoms. The lowest BCUT2D eigenvalue weighted by atomic mass is 10.0. The fourth-order valence-electron chi connectivity index (χ4n) is 2.36. The van der Waals surface area contributed by atoms with Crippen LogP contribution in [0.4, 0.5) is 18.0 Å². The molecule has 2 rings (SSSR count). The van der Waals surface area contributed by atoms with Crippen LogP contribution in [0, 0.1) is 0 Å². The molecule has 4 N–H and O–H groups in total. The number of carbonyl (C=O) groups excluding carboxylic acids is 2. The van der Waals surface area contributed by atoms with E-state index in [2.05, 4.69) is 10.6 Å². The number of urea groups is 1. The molecule has 1 aliphatic rings. The average molecular weight is 315 g/mol. The van der Waals surface area contributed by atoms with E-state index in [-0.39, 0.29) is 17.5 Å². The van der Waals surface area contributed by atoms with E-state index in [0.29, 0.717) is 6.42 Å². The van der Waals surface area contributed by atoms with E-state index < -0.39 is 29.7 Å². The van der Waals surface area contributed by atoms with Gasteiger partial charge in [0.05, 0.1) is 5.56 Å². The molecule has 5 nitrogen and oxygen atoms in total. The minimum atomic E-state index is -4.42. The van der Waals surface area contributed by atoms with Crippen LogP contribution in [-0.4, -0.2) is 24.0 Å². The summed E-state index contributed by atoms with van der Waals surface area (Å²) in [7, 11) is 0. The number of primary amides is 1. The van der Waals surface area contributed by atoms with Crippen molar-refractivity contribution in [1.29, 1.82) is 0 Å². The number of halogens is 3. The molecule has 1 aliphatic carbocycles. The van der Waals surface area contributed by atoms with Crippen LogP contribution in [0.15, 0.2) is 24.3 Å². The standard InChI is InChI=1S/C14H16F3N3O2/c1-7(19-13(18)22)12(21)20-11-6-9(11)8-4-2-3-5-10(8)14(15,16)17/h2-5,7,9,11H,6H2,1H3,(H,20,21)(H3,18,19,22)/t7-,9+,11+/m0/s1. The second-order valence-electron chi connectivity index (χ2n) is 5.27. The van der Waals surface area contributed by atoms with Crippen LogP contribution in [0.25, 0.3) is 0 Å². The van der Waals surface area contributed by atoms with Gasteiger partial charge in [0.1, 0.15) is 6.04 Å². The molecule has 3 atom stereocenters. The maximum Gasteiger partial charge on any atom is 0.416 e. The molecule has 0 aliphatic heterocycles. The van der Waals surface area contributed by atoms with Crippen molar-refractivity contribution in [1.82, 2.24) is 10.6 Å². The van der Waals surface area contributed by atoms with Gasteiger partial charge in [-0.2, -0.15) is 13.2 Å². The topological polar surface area (TPSA) is 84.2 Å². The molecule has 0 radical (unpaired) electrons. The van der Waals surface area contributed by atoms with Crippen molar-refractivity contribution in [3.8, 4) is 0 Å². The number of nitrogens with two attached hydrogens (primary N) is 1. The van der Waals surface area contributed by atoms with E-state index in [9.17, 15) is 22.8 Å². The molecule has 0 spiro atoms. The quantitative estimate of drug-likeness (QED) is 0.790. The average Bonchev–Trinajstić information content (AvgIpc) is 3.16. The number of amides is 3. The van der Waals surface area contributed by atoms with Gasteiger partial charge in [-0.25, -0.2) is 4.79 Å². The normalized spacial score (nSPS) is 21.8. The molecule has 1 aromatic carbocycles. The third-order valence-electron chi connectivity index (χ3n) is 3.54. The van der Waals surface area contributed by atoms with E-state index in [1.165, 1.54) is 19.1 Å². The highest BCUT2D eigenvalue weighted by molar-refractivity contribution is 5.86. The van der Waals surface area contributed by atoms with Crippen molar-refractivity contribution in [3.05, 3.63) is 35.4 Å².